The fraction of sp³-hybridized carbons (Fsp3) is 0.900. The van der Waals surface area contributed by atoms with E-state index in [9.17, 15) is 20.1 Å². The molecule has 6 heteroatoms. The quantitative estimate of drug-likeness (QED) is 0.258. The molecule has 0 radical (unpaired) electrons. The maximum atomic E-state index is 12.6. The third kappa shape index (κ3) is 4.69. The zero-order chi connectivity index (χ0) is 26.4. The van der Waals surface area contributed by atoms with Gasteiger partial charge in [-0.3, -0.25) is 9.69 Å². The average Bonchev–Trinajstić information content (AvgIpc) is 3.18. The molecule has 0 spiro atoms. The van der Waals surface area contributed by atoms with Gasteiger partial charge in [0, 0.05) is 6.42 Å². The van der Waals surface area contributed by atoms with Crippen molar-refractivity contribution in [3.8, 4) is 0 Å². The minimum atomic E-state index is -0.427. The second kappa shape index (κ2) is 10.7. The van der Waals surface area contributed by atoms with E-state index in [0.29, 0.717) is 31.1 Å². The van der Waals surface area contributed by atoms with Crippen LogP contribution in [0.5, 0.6) is 0 Å². The van der Waals surface area contributed by atoms with Gasteiger partial charge in [0.25, 0.3) is 0 Å². The van der Waals surface area contributed by atoms with Crippen molar-refractivity contribution in [3.63, 3.8) is 0 Å². The lowest BCUT2D eigenvalue weighted by atomic mass is 9.44. The lowest BCUT2D eigenvalue weighted by Crippen LogP contribution is -2.61. The monoisotopic (exact) mass is 505 g/mol. The number of hydrogen-bond donors (Lipinski definition) is 3. The van der Waals surface area contributed by atoms with Crippen LogP contribution in [-0.2, 0) is 9.53 Å². The molecule has 0 amide bonds. The van der Waals surface area contributed by atoms with Crippen LogP contribution >= 0.6 is 0 Å². The molecule has 3 saturated carbocycles. The molecule has 6 nitrogen and oxygen atoms in total. The number of carbonyl (C=O) groups is 1. The molecule has 206 valence electrons. The number of rotatable bonds is 8. The molecule has 0 bridgehead atoms. The van der Waals surface area contributed by atoms with Gasteiger partial charge in [0.15, 0.2) is 6.23 Å². The Labute approximate surface area is 218 Å². The number of aliphatic hydroxyl groups is 3. The summed E-state index contributed by atoms with van der Waals surface area (Å²) in [5, 5.41) is 33.3. The molecule has 12 unspecified atom stereocenters. The fourth-order valence-electron chi connectivity index (χ4n) is 9.30. The fourth-order valence-corrected chi connectivity index (χ4v) is 9.30. The summed E-state index contributed by atoms with van der Waals surface area (Å²) in [6, 6.07) is 0. The van der Waals surface area contributed by atoms with Crippen molar-refractivity contribution in [3.05, 3.63) is 12.2 Å². The maximum absolute atomic E-state index is 12.6. The predicted molar refractivity (Wildman–Crippen MR) is 141 cm³/mol. The standard InChI is InChI=1S/C30H51NO5/c1-7-31(8-2)19(4)36-27(35)12-9-18(3)22-10-11-23-28-24(17-26(34)30(22,23)6)29(5)14-13-21(32)15-20(29)16-25(28)33/h13-14,18-26,28,32-34H,7-12,15-17H2,1-6H3. The number of hydrogen-bond acceptors (Lipinski definition) is 6. The van der Waals surface area contributed by atoms with Crippen molar-refractivity contribution in [2.75, 3.05) is 13.1 Å². The Bertz CT molecular complexity index is 813. The Hall–Kier alpha value is -0.950. The minimum absolute atomic E-state index is 0.0829. The average molecular weight is 506 g/mol. The molecule has 3 N–H and O–H groups in total. The van der Waals surface area contributed by atoms with E-state index in [2.05, 4.69) is 45.6 Å². The summed E-state index contributed by atoms with van der Waals surface area (Å²) in [7, 11) is 0. The van der Waals surface area contributed by atoms with E-state index in [1.54, 1.807) is 0 Å². The maximum Gasteiger partial charge on any atom is 0.307 e. The topological polar surface area (TPSA) is 90.2 Å². The van der Waals surface area contributed by atoms with E-state index in [0.717, 1.165) is 38.8 Å². The van der Waals surface area contributed by atoms with Crippen molar-refractivity contribution in [1.82, 2.24) is 4.90 Å². The third-order valence-corrected chi connectivity index (χ3v) is 11.5. The van der Waals surface area contributed by atoms with Crippen LogP contribution in [-0.4, -0.2) is 63.8 Å². The number of aliphatic hydroxyl groups excluding tert-OH is 3. The van der Waals surface area contributed by atoms with Gasteiger partial charge >= 0.3 is 5.97 Å². The number of allylic oxidation sites excluding steroid dienone is 1. The molecule has 3 fully saturated rings. The summed E-state index contributed by atoms with van der Waals surface area (Å²) in [5.41, 5.74) is -0.332. The molecule has 0 aromatic heterocycles. The number of carbonyl (C=O) groups excluding carboxylic acids is 1. The largest absolute Gasteiger partial charge is 0.447 e. The Morgan fingerprint density at radius 2 is 1.75 bits per heavy atom. The summed E-state index contributed by atoms with van der Waals surface area (Å²) in [4.78, 5) is 14.7. The van der Waals surface area contributed by atoms with Gasteiger partial charge < -0.3 is 20.1 Å². The molecule has 4 rings (SSSR count). The second-order valence-corrected chi connectivity index (χ2v) is 12.9. The first kappa shape index (κ1) is 28.1. The third-order valence-electron chi connectivity index (χ3n) is 11.5. The zero-order valence-corrected chi connectivity index (χ0v) is 23.4. The van der Waals surface area contributed by atoms with Gasteiger partial charge in [-0.15, -0.1) is 0 Å². The van der Waals surface area contributed by atoms with E-state index in [1.165, 1.54) is 0 Å². The predicted octanol–water partition coefficient (Wildman–Crippen LogP) is 4.37. The molecule has 4 aliphatic rings. The lowest BCUT2D eigenvalue weighted by Gasteiger charge is -2.62. The first-order valence-corrected chi connectivity index (χ1v) is 14.6. The van der Waals surface area contributed by atoms with Crippen molar-refractivity contribution < 1.29 is 24.9 Å². The SMILES string of the molecule is CCN(CC)C(C)OC(=O)CCC(C)C1CCC2C3C(O)CC4CC(O)C=CC4(C)C3CC(O)C12C. The van der Waals surface area contributed by atoms with E-state index >= 15 is 0 Å². The molecule has 0 aromatic rings. The molecule has 0 saturated heterocycles. The molecular formula is C30H51NO5. The zero-order valence-electron chi connectivity index (χ0n) is 23.4. The van der Waals surface area contributed by atoms with Crippen LogP contribution in [0.3, 0.4) is 0 Å². The van der Waals surface area contributed by atoms with Crippen LogP contribution in [0.25, 0.3) is 0 Å². The van der Waals surface area contributed by atoms with E-state index in [-0.39, 0.29) is 52.8 Å². The van der Waals surface area contributed by atoms with Gasteiger partial charge in [-0.2, -0.15) is 0 Å². The van der Waals surface area contributed by atoms with Crippen molar-refractivity contribution in [2.45, 2.75) is 111 Å². The van der Waals surface area contributed by atoms with Gasteiger partial charge in [-0.25, -0.2) is 0 Å². The molecule has 0 aromatic carbocycles. The van der Waals surface area contributed by atoms with Gasteiger partial charge in [0.05, 0.1) is 18.3 Å². The second-order valence-electron chi connectivity index (χ2n) is 12.9. The van der Waals surface area contributed by atoms with E-state index in [1.807, 2.05) is 13.0 Å². The van der Waals surface area contributed by atoms with Crippen LogP contribution in [0.4, 0.5) is 0 Å². The van der Waals surface area contributed by atoms with Crippen LogP contribution in [0.15, 0.2) is 12.2 Å². The number of ether oxygens (including phenoxy) is 1. The normalized spacial score (nSPS) is 45.5. The van der Waals surface area contributed by atoms with Crippen LogP contribution in [0.2, 0.25) is 0 Å². The van der Waals surface area contributed by atoms with E-state index in [4.69, 9.17) is 4.74 Å². The summed E-state index contributed by atoms with van der Waals surface area (Å²) in [6.07, 6.45) is 8.07. The van der Waals surface area contributed by atoms with Gasteiger partial charge in [0.1, 0.15) is 0 Å². The number of esters is 1. The Morgan fingerprint density at radius 1 is 1.06 bits per heavy atom. The highest BCUT2D eigenvalue weighted by atomic mass is 16.6. The Morgan fingerprint density at radius 3 is 2.42 bits per heavy atom. The summed E-state index contributed by atoms with van der Waals surface area (Å²) in [6.45, 7) is 14.6. The molecule has 36 heavy (non-hydrogen) atoms. The van der Waals surface area contributed by atoms with Gasteiger partial charge in [-0.1, -0.05) is 46.8 Å². The van der Waals surface area contributed by atoms with Crippen molar-refractivity contribution in [1.29, 1.82) is 0 Å². The first-order valence-electron chi connectivity index (χ1n) is 14.6. The smallest absolute Gasteiger partial charge is 0.307 e. The highest BCUT2D eigenvalue weighted by Gasteiger charge is 2.65. The Kier molecular flexibility index (Phi) is 8.32. The highest BCUT2D eigenvalue weighted by molar-refractivity contribution is 5.69. The summed E-state index contributed by atoms with van der Waals surface area (Å²) in [5.74, 6) is 1.43. The number of nitrogens with zero attached hydrogens (tertiary/aromatic N) is 1. The van der Waals surface area contributed by atoms with Gasteiger partial charge in [-0.05, 0) is 105 Å². The molecule has 4 aliphatic carbocycles. The molecular weight excluding hydrogens is 454 g/mol. The minimum Gasteiger partial charge on any atom is -0.447 e. The van der Waals surface area contributed by atoms with Crippen molar-refractivity contribution >= 4 is 5.97 Å². The van der Waals surface area contributed by atoms with Crippen LogP contribution in [0, 0.1) is 46.3 Å². The summed E-state index contributed by atoms with van der Waals surface area (Å²) < 4.78 is 5.69. The Balaban J connectivity index is 1.45. The number of fused-ring (bicyclic) bond motifs is 5. The lowest BCUT2D eigenvalue weighted by molar-refractivity contribution is -0.188. The van der Waals surface area contributed by atoms with Crippen LogP contribution in [0.1, 0.15) is 86.5 Å². The highest BCUT2D eigenvalue weighted by Crippen LogP contribution is 2.67. The van der Waals surface area contributed by atoms with E-state index < -0.39 is 12.2 Å². The molecule has 0 aliphatic heterocycles. The molecule has 12 atom stereocenters. The van der Waals surface area contributed by atoms with Gasteiger partial charge in [0.2, 0.25) is 0 Å². The van der Waals surface area contributed by atoms with Crippen molar-refractivity contribution in [2.24, 2.45) is 46.3 Å². The molecule has 0 heterocycles. The van der Waals surface area contributed by atoms with Crippen LogP contribution < -0.4 is 0 Å². The summed E-state index contributed by atoms with van der Waals surface area (Å²) >= 11 is 0. The first-order chi connectivity index (χ1) is 17.0.